The highest BCUT2D eigenvalue weighted by atomic mass is 31.2. The summed E-state index contributed by atoms with van der Waals surface area (Å²) in [6.45, 7) is 2.28. The molecule has 0 saturated carbocycles. The lowest BCUT2D eigenvalue weighted by atomic mass is 10.1. The molecule has 4 N–H and O–H groups in total. The van der Waals surface area contributed by atoms with E-state index < -0.39 is 91.5 Å². The first-order valence-corrected chi connectivity index (χ1v) is 33.2. The average molecular weight is 1180 g/mol. The van der Waals surface area contributed by atoms with Crippen molar-refractivity contribution in [2.45, 2.75) is 232 Å². The highest BCUT2D eigenvalue weighted by Crippen LogP contribution is 2.45. The van der Waals surface area contributed by atoms with Gasteiger partial charge in [0.05, 0.1) is 26.4 Å². The molecule has 5 unspecified atom stereocenters. The number of carbonyl (C=O) groups excluding carboxylic acids is 3. The molecule has 0 rings (SSSR count). The van der Waals surface area contributed by atoms with Crippen LogP contribution in [-0.2, 0) is 55.8 Å². The van der Waals surface area contributed by atoms with Gasteiger partial charge < -0.3 is 34.2 Å². The summed E-state index contributed by atoms with van der Waals surface area (Å²) in [6, 6.07) is 0. The number of rotatable bonds is 56. The summed E-state index contributed by atoms with van der Waals surface area (Å²) in [5.41, 5.74) is 0. The van der Waals surface area contributed by atoms with E-state index in [1.807, 2.05) is 0 Å². The molecule has 16 nitrogen and oxygen atoms in total. The van der Waals surface area contributed by atoms with Crippen molar-refractivity contribution in [2.75, 3.05) is 39.6 Å². The molecular formula is C63H106O16P2. The number of aliphatic hydroxyl groups is 2. The minimum absolute atomic E-state index is 0.0871. The van der Waals surface area contributed by atoms with E-state index in [9.17, 15) is 43.5 Å². The maximum Gasteiger partial charge on any atom is 0.472 e. The number of ether oxygens (including phenoxy) is 3. The number of phosphoric ester groups is 2. The fraction of sp³-hybridized carbons (Fsp3) is 0.667. The van der Waals surface area contributed by atoms with Crippen LogP contribution < -0.4 is 0 Å². The SMILES string of the molecule is CC/C=C\C/C=C\C/C=C\C/C=C\C/C=C\CCCCCC(=O)OCC(O)COP(=O)(O)OCC(O)COP(=O)(O)OCC(COC(=O)CCCCCCC/C=C\C/C=C\C/C=C\CC)OC(=O)CCCCCCC/C=C\CCCC. The third-order valence-corrected chi connectivity index (χ3v) is 13.9. The standard InChI is InChI=1S/C63H106O16P2/c1-4-7-10-13-16-19-22-24-26-27-28-29-31-33-35-37-40-43-46-49-61(66)73-52-58(64)53-75-80(69,70)76-54-59(65)55-77-81(71,72)78-57-60(79-63(68)51-48-45-42-39-34-21-18-15-12-9-6-3)56-74-62(67)50-47-44-41-38-36-32-30-25-23-20-17-14-11-8-5-2/h7-8,10-11,15-20,24-26,28-30,33,35,58-60,64-65H,4-6,9,12-14,21-23,27,31-32,34,36-57H2,1-3H3,(H,69,70)(H,71,72)/b10-7-,11-8-,18-15-,19-16-,20-17-,26-24-,29-28-,30-25-,35-33-. The first-order chi connectivity index (χ1) is 39.2. The Morgan fingerprint density at radius 1 is 0.358 bits per heavy atom. The van der Waals surface area contributed by atoms with Gasteiger partial charge in [-0.05, 0) is 116 Å². The van der Waals surface area contributed by atoms with Crippen molar-refractivity contribution in [2.24, 2.45) is 0 Å². The summed E-state index contributed by atoms with van der Waals surface area (Å²) >= 11 is 0. The van der Waals surface area contributed by atoms with Gasteiger partial charge in [-0.3, -0.25) is 32.5 Å². The predicted octanol–water partition coefficient (Wildman–Crippen LogP) is 15.7. The van der Waals surface area contributed by atoms with E-state index in [0.717, 1.165) is 141 Å². The molecule has 0 fully saturated rings. The third kappa shape index (κ3) is 57.8. The summed E-state index contributed by atoms with van der Waals surface area (Å²) in [7, 11) is -9.78. The quantitative estimate of drug-likeness (QED) is 0.0146. The van der Waals surface area contributed by atoms with Crippen LogP contribution in [0.5, 0.6) is 0 Å². The molecule has 0 radical (unpaired) electrons. The van der Waals surface area contributed by atoms with Gasteiger partial charge in [-0.2, -0.15) is 0 Å². The molecule has 18 heteroatoms. The van der Waals surface area contributed by atoms with Crippen LogP contribution in [-0.4, -0.2) is 95.9 Å². The maximum atomic E-state index is 12.8. The van der Waals surface area contributed by atoms with Gasteiger partial charge in [0.15, 0.2) is 6.10 Å². The van der Waals surface area contributed by atoms with Crippen molar-refractivity contribution in [3.8, 4) is 0 Å². The van der Waals surface area contributed by atoms with E-state index in [1.54, 1.807) is 0 Å². The maximum absolute atomic E-state index is 12.8. The molecule has 0 heterocycles. The summed E-state index contributed by atoms with van der Waals surface area (Å²) < 4.78 is 60.5. The molecule has 0 bridgehead atoms. The zero-order valence-corrected chi connectivity index (χ0v) is 51.5. The van der Waals surface area contributed by atoms with Gasteiger partial charge in [-0.25, -0.2) is 9.13 Å². The first-order valence-electron chi connectivity index (χ1n) is 30.2. The van der Waals surface area contributed by atoms with Crippen LogP contribution in [0.3, 0.4) is 0 Å². The van der Waals surface area contributed by atoms with Gasteiger partial charge in [-0.15, -0.1) is 0 Å². The molecule has 0 aliphatic heterocycles. The zero-order chi connectivity index (χ0) is 59.6. The molecule has 0 aromatic carbocycles. The van der Waals surface area contributed by atoms with Gasteiger partial charge in [0, 0.05) is 19.3 Å². The van der Waals surface area contributed by atoms with Crippen LogP contribution >= 0.6 is 15.6 Å². The van der Waals surface area contributed by atoms with Crippen molar-refractivity contribution >= 4 is 33.6 Å². The predicted molar refractivity (Wildman–Crippen MR) is 325 cm³/mol. The van der Waals surface area contributed by atoms with Crippen LogP contribution in [0.4, 0.5) is 0 Å². The molecule has 464 valence electrons. The number of hydrogen-bond acceptors (Lipinski definition) is 14. The number of allylic oxidation sites excluding steroid dienone is 18. The Bertz CT molecular complexity index is 1920. The molecule has 0 amide bonds. The van der Waals surface area contributed by atoms with E-state index in [-0.39, 0.29) is 19.3 Å². The fourth-order valence-corrected chi connectivity index (χ4v) is 8.94. The molecule has 0 aromatic rings. The lowest BCUT2D eigenvalue weighted by Crippen LogP contribution is -2.30. The Balaban J connectivity index is 4.67. The lowest BCUT2D eigenvalue weighted by molar-refractivity contribution is -0.161. The highest BCUT2D eigenvalue weighted by molar-refractivity contribution is 7.47. The van der Waals surface area contributed by atoms with Gasteiger partial charge in [0.2, 0.25) is 0 Å². The third-order valence-electron chi connectivity index (χ3n) is 12.0. The van der Waals surface area contributed by atoms with Gasteiger partial charge in [0.1, 0.15) is 25.4 Å². The van der Waals surface area contributed by atoms with Crippen molar-refractivity contribution in [1.82, 2.24) is 0 Å². The van der Waals surface area contributed by atoms with Crippen molar-refractivity contribution in [1.29, 1.82) is 0 Å². The molecule has 5 atom stereocenters. The van der Waals surface area contributed by atoms with E-state index in [2.05, 4.69) is 130 Å². The van der Waals surface area contributed by atoms with E-state index in [0.29, 0.717) is 19.3 Å². The van der Waals surface area contributed by atoms with Gasteiger partial charge >= 0.3 is 33.6 Å². The van der Waals surface area contributed by atoms with Crippen molar-refractivity contribution < 1.29 is 75.8 Å². The van der Waals surface area contributed by atoms with Crippen molar-refractivity contribution in [3.63, 3.8) is 0 Å². The van der Waals surface area contributed by atoms with Crippen LogP contribution in [0.2, 0.25) is 0 Å². The second-order valence-electron chi connectivity index (χ2n) is 19.7. The summed E-state index contributed by atoms with van der Waals surface area (Å²) in [5.74, 6) is -1.64. The van der Waals surface area contributed by atoms with Crippen LogP contribution in [0.1, 0.15) is 213 Å². The minimum atomic E-state index is -4.92. The summed E-state index contributed by atoms with van der Waals surface area (Å²) in [6.07, 6.45) is 60.2. The Kier molecular flexibility index (Phi) is 54.0. The summed E-state index contributed by atoms with van der Waals surface area (Å²) in [5, 5.41) is 20.4. The van der Waals surface area contributed by atoms with Gasteiger partial charge in [-0.1, -0.05) is 188 Å². The Hall–Kier alpha value is -3.79. The second kappa shape index (κ2) is 56.7. The monoisotopic (exact) mass is 1180 g/mol. The molecule has 0 aromatic heterocycles. The normalized spacial score (nSPS) is 15.2. The molecule has 81 heavy (non-hydrogen) atoms. The number of carbonyl (C=O) groups is 3. The largest absolute Gasteiger partial charge is 0.472 e. The number of unbranched alkanes of at least 4 members (excludes halogenated alkanes) is 15. The molecule has 0 spiro atoms. The lowest BCUT2D eigenvalue weighted by Gasteiger charge is -2.21. The molecular weight excluding hydrogens is 1070 g/mol. The van der Waals surface area contributed by atoms with Crippen LogP contribution in [0.25, 0.3) is 0 Å². The Labute approximate surface area is 488 Å². The number of hydrogen-bond donors (Lipinski definition) is 4. The number of aliphatic hydroxyl groups excluding tert-OH is 2. The van der Waals surface area contributed by atoms with Crippen molar-refractivity contribution in [3.05, 3.63) is 109 Å². The summed E-state index contributed by atoms with van der Waals surface area (Å²) in [4.78, 5) is 58.0. The van der Waals surface area contributed by atoms with E-state index >= 15 is 0 Å². The molecule has 0 aliphatic rings. The number of phosphoric acid groups is 2. The minimum Gasteiger partial charge on any atom is -0.463 e. The second-order valence-corrected chi connectivity index (χ2v) is 22.6. The Morgan fingerprint density at radius 2 is 0.654 bits per heavy atom. The topological polar surface area (TPSA) is 231 Å². The van der Waals surface area contributed by atoms with Crippen LogP contribution in [0, 0.1) is 0 Å². The fourth-order valence-electron chi connectivity index (χ4n) is 7.35. The highest BCUT2D eigenvalue weighted by Gasteiger charge is 2.29. The zero-order valence-electron chi connectivity index (χ0n) is 49.7. The first kappa shape index (κ1) is 77.2. The van der Waals surface area contributed by atoms with E-state index in [1.165, 1.54) is 12.8 Å². The van der Waals surface area contributed by atoms with Crippen LogP contribution in [0.15, 0.2) is 109 Å². The van der Waals surface area contributed by atoms with E-state index in [4.69, 9.17) is 32.3 Å². The molecule has 0 saturated heterocycles. The molecule has 0 aliphatic carbocycles. The van der Waals surface area contributed by atoms with Gasteiger partial charge in [0.25, 0.3) is 0 Å². The number of esters is 3. The average Bonchev–Trinajstić information content (AvgIpc) is 3.44. The Morgan fingerprint density at radius 3 is 1.06 bits per heavy atom. The smallest absolute Gasteiger partial charge is 0.463 e.